The number of ether oxygens (including phenoxy) is 1. The van der Waals surface area contributed by atoms with Gasteiger partial charge >= 0.3 is 11.9 Å². The number of thioether (sulfide) groups is 1. The maximum Gasteiger partial charge on any atom is 0.330 e. The Morgan fingerprint density at radius 1 is 1.00 bits per heavy atom. The standard InChI is InChI=1S/C17H33NO3S/c1-3-4-5-6-7-8-9-10-11-12-16(19)21-17(20)15(18)13-14-22-2/h15H,3-14,18H2,1-2H3. The van der Waals surface area contributed by atoms with E-state index >= 15 is 0 Å². The smallest absolute Gasteiger partial charge is 0.330 e. The number of carbonyl (C=O) groups is 2. The van der Waals surface area contributed by atoms with E-state index in [9.17, 15) is 9.59 Å². The fourth-order valence-corrected chi connectivity index (χ4v) is 2.67. The number of hydrogen-bond donors (Lipinski definition) is 1. The number of nitrogens with two attached hydrogens (primary N) is 1. The Bertz CT molecular complexity index is 298. The summed E-state index contributed by atoms with van der Waals surface area (Å²) >= 11 is 1.62. The van der Waals surface area contributed by atoms with Crippen LogP contribution in [-0.2, 0) is 14.3 Å². The molecule has 0 rings (SSSR count). The minimum Gasteiger partial charge on any atom is -0.392 e. The maximum absolute atomic E-state index is 11.5. The van der Waals surface area contributed by atoms with Crippen LogP contribution in [0.1, 0.15) is 77.6 Å². The average molecular weight is 332 g/mol. The molecule has 0 radical (unpaired) electrons. The highest BCUT2D eigenvalue weighted by molar-refractivity contribution is 7.98. The van der Waals surface area contributed by atoms with Crippen LogP contribution in [0.3, 0.4) is 0 Å². The van der Waals surface area contributed by atoms with Crippen molar-refractivity contribution in [1.82, 2.24) is 0 Å². The Balaban J connectivity index is 3.47. The van der Waals surface area contributed by atoms with Crippen LogP contribution in [0.5, 0.6) is 0 Å². The van der Waals surface area contributed by atoms with Crippen molar-refractivity contribution in [2.45, 2.75) is 83.6 Å². The quantitative estimate of drug-likeness (QED) is 0.295. The first-order valence-electron chi connectivity index (χ1n) is 8.60. The van der Waals surface area contributed by atoms with E-state index in [1.54, 1.807) is 11.8 Å². The molecule has 1 atom stereocenters. The molecule has 0 aromatic carbocycles. The molecule has 5 heteroatoms. The van der Waals surface area contributed by atoms with Gasteiger partial charge in [0.05, 0.1) is 0 Å². The summed E-state index contributed by atoms with van der Waals surface area (Å²) in [7, 11) is 0. The molecule has 0 saturated heterocycles. The third-order valence-electron chi connectivity index (χ3n) is 3.63. The molecule has 0 spiro atoms. The molecule has 0 aromatic heterocycles. The third kappa shape index (κ3) is 13.1. The van der Waals surface area contributed by atoms with Gasteiger partial charge in [0.15, 0.2) is 0 Å². The Morgan fingerprint density at radius 3 is 2.09 bits per heavy atom. The van der Waals surface area contributed by atoms with Crippen molar-refractivity contribution in [3.63, 3.8) is 0 Å². The Morgan fingerprint density at radius 2 is 1.55 bits per heavy atom. The molecular formula is C17H33NO3S. The van der Waals surface area contributed by atoms with Crippen LogP contribution in [-0.4, -0.2) is 30.0 Å². The summed E-state index contributed by atoms with van der Waals surface area (Å²) in [4.78, 5) is 23.1. The second-order valence-corrected chi connectivity index (χ2v) is 6.75. The molecular weight excluding hydrogens is 298 g/mol. The molecule has 0 heterocycles. The number of esters is 2. The van der Waals surface area contributed by atoms with E-state index in [1.165, 1.54) is 38.5 Å². The van der Waals surface area contributed by atoms with Gasteiger partial charge in [-0.2, -0.15) is 11.8 Å². The number of unbranched alkanes of at least 4 members (excludes halogenated alkanes) is 8. The molecule has 130 valence electrons. The Hall–Kier alpha value is -0.550. The van der Waals surface area contributed by atoms with Crippen molar-refractivity contribution in [2.75, 3.05) is 12.0 Å². The van der Waals surface area contributed by atoms with Crippen molar-refractivity contribution >= 4 is 23.7 Å². The van der Waals surface area contributed by atoms with Gasteiger partial charge < -0.3 is 10.5 Å². The lowest BCUT2D eigenvalue weighted by Gasteiger charge is -2.09. The summed E-state index contributed by atoms with van der Waals surface area (Å²) in [5.74, 6) is -0.231. The number of rotatable bonds is 14. The summed E-state index contributed by atoms with van der Waals surface area (Å²) in [5.41, 5.74) is 5.66. The number of carbonyl (C=O) groups excluding carboxylic acids is 2. The van der Waals surface area contributed by atoms with Crippen LogP contribution < -0.4 is 5.73 Å². The van der Waals surface area contributed by atoms with E-state index < -0.39 is 18.0 Å². The average Bonchev–Trinajstić information content (AvgIpc) is 2.50. The van der Waals surface area contributed by atoms with Gasteiger partial charge in [-0.25, -0.2) is 4.79 Å². The summed E-state index contributed by atoms with van der Waals surface area (Å²) in [6.45, 7) is 2.22. The minimum atomic E-state index is -0.681. The van der Waals surface area contributed by atoms with Gasteiger partial charge in [-0.05, 0) is 24.9 Å². The zero-order chi connectivity index (χ0) is 16.6. The first-order valence-corrected chi connectivity index (χ1v) is 10.00. The van der Waals surface area contributed by atoms with E-state index in [2.05, 4.69) is 6.92 Å². The molecule has 0 amide bonds. The van der Waals surface area contributed by atoms with Crippen LogP contribution in [0.25, 0.3) is 0 Å². The van der Waals surface area contributed by atoms with Crippen molar-refractivity contribution < 1.29 is 14.3 Å². The normalized spacial score (nSPS) is 12.1. The second-order valence-electron chi connectivity index (χ2n) is 5.76. The SMILES string of the molecule is CCCCCCCCCCCC(=O)OC(=O)C(N)CCSC. The third-order valence-corrected chi connectivity index (χ3v) is 4.28. The van der Waals surface area contributed by atoms with E-state index in [1.807, 2.05) is 6.26 Å². The molecule has 0 aliphatic heterocycles. The Labute approximate surface area is 139 Å². The van der Waals surface area contributed by atoms with Gasteiger partial charge in [0.2, 0.25) is 0 Å². The van der Waals surface area contributed by atoms with Crippen LogP contribution in [0.15, 0.2) is 0 Å². The van der Waals surface area contributed by atoms with Crippen molar-refractivity contribution in [3.05, 3.63) is 0 Å². The highest BCUT2D eigenvalue weighted by Gasteiger charge is 2.17. The summed E-state index contributed by atoms with van der Waals surface area (Å²) in [6, 6.07) is -0.681. The van der Waals surface area contributed by atoms with E-state index in [0.29, 0.717) is 12.8 Å². The molecule has 22 heavy (non-hydrogen) atoms. The van der Waals surface area contributed by atoms with Gasteiger partial charge in [-0.15, -0.1) is 0 Å². The maximum atomic E-state index is 11.5. The summed E-state index contributed by atoms with van der Waals surface area (Å²) in [6.07, 6.45) is 13.6. The van der Waals surface area contributed by atoms with Crippen LogP contribution >= 0.6 is 11.8 Å². The second kappa shape index (κ2) is 15.3. The first kappa shape index (κ1) is 21.4. The molecule has 0 saturated carbocycles. The van der Waals surface area contributed by atoms with Gasteiger partial charge in [0.25, 0.3) is 0 Å². The lowest BCUT2D eigenvalue weighted by Crippen LogP contribution is -2.34. The van der Waals surface area contributed by atoms with Crippen LogP contribution in [0.2, 0.25) is 0 Å². The monoisotopic (exact) mass is 331 g/mol. The largest absolute Gasteiger partial charge is 0.392 e. The van der Waals surface area contributed by atoms with Gasteiger partial charge in [0.1, 0.15) is 6.04 Å². The lowest BCUT2D eigenvalue weighted by molar-refractivity contribution is -0.160. The lowest BCUT2D eigenvalue weighted by atomic mass is 10.1. The van der Waals surface area contributed by atoms with Crippen LogP contribution in [0, 0.1) is 0 Å². The summed E-state index contributed by atoms with van der Waals surface area (Å²) < 4.78 is 4.77. The predicted molar refractivity (Wildman–Crippen MR) is 93.9 cm³/mol. The molecule has 2 N–H and O–H groups in total. The zero-order valence-electron chi connectivity index (χ0n) is 14.3. The highest BCUT2D eigenvalue weighted by Crippen LogP contribution is 2.11. The van der Waals surface area contributed by atoms with Crippen molar-refractivity contribution in [1.29, 1.82) is 0 Å². The molecule has 0 fully saturated rings. The highest BCUT2D eigenvalue weighted by atomic mass is 32.2. The van der Waals surface area contributed by atoms with Crippen molar-refractivity contribution in [2.24, 2.45) is 5.73 Å². The molecule has 0 aromatic rings. The minimum absolute atomic E-state index is 0.316. The van der Waals surface area contributed by atoms with E-state index in [4.69, 9.17) is 10.5 Å². The molecule has 4 nitrogen and oxygen atoms in total. The van der Waals surface area contributed by atoms with Gasteiger partial charge in [0, 0.05) is 6.42 Å². The summed E-state index contributed by atoms with van der Waals surface area (Å²) in [5, 5.41) is 0. The fraction of sp³-hybridized carbons (Fsp3) is 0.882. The molecule has 0 bridgehead atoms. The molecule has 0 aliphatic carbocycles. The van der Waals surface area contributed by atoms with E-state index in [-0.39, 0.29) is 0 Å². The van der Waals surface area contributed by atoms with Gasteiger partial charge in [-0.1, -0.05) is 58.3 Å². The first-order chi connectivity index (χ1) is 10.6. The van der Waals surface area contributed by atoms with Crippen LogP contribution in [0.4, 0.5) is 0 Å². The Kier molecular flexibility index (Phi) is 15.0. The predicted octanol–water partition coefficient (Wildman–Crippen LogP) is 4.06. The molecule has 1 unspecified atom stereocenters. The van der Waals surface area contributed by atoms with E-state index in [0.717, 1.165) is 25.0 Å². The number of hydrogen-bond acceptors (Lipinski definition) is 5. The fourth-order valence-electron chi connectivity index (χ4n) is 2.18. The topological polar surface area (TPSA) is 69.4 Å². The molecule has 0 aliphatic rings. The van der Waals surface area contributed by atoms with Crippen molar-refractivity contribution in [3.8, 4) is 0 Å². The van der Waals surface area contributed by atoms with Gasteiger partial charge in [-0.3, -0.25) is 4.79 Å². The zero-order valence-corrected chi connectivity index (χ0v) is 15.1.